The Bertz CT molecular complexity index is 720. The van der Waals surface area contributed by atoms with Crippen molar-refractivity contribution in [2.45, 2.75) is 25.8 Å². The lowest BCUT2D eigenvalue weighted by atomic mass is 9.95. The van der Waals surface area contributed by atoms with Crippen molar-refractivity contribution in [3.63, 3.8) is 0 Å². The van der Waals surface area contributed by atoms with Gasteiger partial charge in [0.1, 0.15) is 0 Å². The number of hydrogen-bond acceptors (Lipinski definition) is 4. The number of methoxy groups -OCH3 is 1. The smallest absolute Gasteiger partial charge is 0.227 e. The third-order valence-electron chi connectivity index (χ3n) is 5.11. The fourth-order valence-electron chi connectivity index (χ4n) is 3.66. The Morgan fingerprint density at radius 1 is 1.24 bits per heavy atom. The maximum Gasteiger partial charge on any atom is 0.227 e. The number of nitrogens with zero attached hydrogens (tertiary/aromatic N) is 2. The number of carbonyl (C=O) groups is 1. The molecule has 0 spiro atoms. The van der Waals surface area contributed by atoms with E-state index in [2.05, 4.69) is 12.1 Å². The van der Waals surface area contributed by atoms with Crippen molar-refractivity contribution in [3.05, 3.63) is 35.4 Å². The number of sulfonamides is 1. The maximum atomic E-state index is 12.9. The van der Waals surface area contributed by atoms with E-state index in [9.17, 15) is 13.2 Å². The molecule has 0 aliphatic carbocycles. The minimum atomic E-state index is -3.35. The Kier molecular flexibility index (Phi) is 5.76. The lowest BCUT2D eigenvalue weighted by Gasteiger charge is -2.36. The standard InChI is InChI=1S/C18H26N2O4S/c1-24-11-12-25(22,23)20-9-4-7-17(14-20)18(21)19-10-8-15-5-2-3-6-16(15)13-19/h2-3,5-6,17H,4,7-14H2,1H3. The van der Waals surface area contributed by atoms with Gasteiger partial charge in [0.05, 0.1) is 18.3 Å². The van der Waals surface area contributed by atoms with Crippen molar-refractivity contribution < 1.29 is 17.9 Å². The summed E-state index contributed by atoms with van der Waals surface area (Å²) in [5.41, 5.74) is 2.50. The minimum Gasteiger partial charge on any atom is -0.384 e. The Morgan fingerprint density at radius 2 is 2.00 bits per heavy atom. The quantitative estimate of drug-likeness (QED) is 0.787. The molecule has 2 aliphatic heterocycles. The highest BCUT2D eigenvalue weighted by Crippen LogP contribution is 2.25. The summed E-state index contributed by atoms with van der Waals surface area (Å²) in [6.07, 6.45) is 2.35. The molecule has 3 rings (SSSR count). The number of hydrogen-bond donors (Lipinski definition) is 0. The summed E-state index contributed by atoms with van der Waals surface area (Å²) < 4.78 is 31.1. The Morgan fingerprint density at radius 3 is 2.76 bits per heavy atom. The molecule has 2 heterocycles. The van der Waals surface area contributed by atoms with Crippen LogP contribution in [0.4, 0.5) is 0 Å². The Hall–Kier alpha value is -1.44. The molecule has 1 saturated heterocycles. The number of fused-ring (bicyclic) bond motifs is 1. The van der Waals surface area contributed by atoms with Crippen molar-refractivity contribution in [2.24, 2.45) is 5.92 Å². The van der Waals surface area contributed by atoms with Gasteiger partial charge in [0, 0.05) is 33.3 Å². The third-order valence-corrected chi connectivity index (χ3v) is 6.92. The van der Waals surface area contributed by atoms with E-state index in [1.54, 1.807) is 0 Å². The molecule has 1 aromatic carbocycles. The van der Waals surface area contributed by atoms with Crippen molar-refractivity contribution >= 4 is 15.9 Å². The van der Waals surface area contributed by atoms with Gasteiger partial charge in [-0.15, -0.1) is 0 Å². The van der Waals surface area contributed by atoms with Crippen molar-refractivity contribution in [1.82, 2.24) is 9.21 Å². The van der Waals surface area contributed by atoms with E-state index in [1.165, 1.54) is 22.5 Å². The molecule has 6 nitrogen and oxygen atoms in total. The van der Waals surface area contributed by atoms with E-state index < -0.39 is 10.0 Å². The lowest BCUT2D eigenvalue weighted by Crippen LogP contribution is -2.48. The first kappa shape index (κ1) is 18.4. The molecule has 138 valence electrons. The average molecular weight is 366 g/mol. The predicted molar refractivity (Wildman–Crippen MR) is 95.5 cm³/mol. The predicted octanol–water partition coefficient (Wildman–Crippen LogP) is 1.26. The second-order valence-electron chi connectivity index (χ2n) is 6.78. The molecular formula is C18H26N2O4S. The molecule has 0 saturated carbocycles. The van der Waals surface area contributed by atoms with Crippen molar-refractivity contribution in [2.75, 3.05) is 39.1 Å². The van der Waals surface area contributed by atoms with Crippen LogP contribution in [0.15, 0.2) is 24.3 Å². The summed E-state index contributed by atoms with van der Waals surface area (Å²) in [7, 11) is -1.86. The van der Waals surface area contributed by atoms with Gasteiger partial charge < -0.3 is 9.64 Å². The molecule has 0 aromatic heterocycles. The first-order valence-electron chi connectivity index (χ1n) is 8.83. The molecule has 1 unspecified atom stereocenters. The molecule has 7 heteroatoms. The normalized spacial score (nSPS) is 21.8. The molecule has 2 aliphatic rings. The fourth-order valence-corrected chi connectivity index (χ4v) is 5.11. The molecule has 1 atom stereocenters. The van der Waals surface area contributed by atoms with E-state index in [-0.39, 0.29) is 24.2 Å². The SMILES string of the molecule is COCCS(=O)(=O)N1CCCC(C(=O)N2CCc3ccccc3C2)C1. The van der Waals surface area contributed by atoms with Gasteiger partial charge in [-0.1, -0.05) is 24.3 Å². The van der Waals surface area contributed by atoms with E-state index in [1.807, 2.05) is 17.0 Å². The van der Waals surface area contributed by atoms with Gasteiger partial charge in [0.25, 0.3) is 0 Å². The van der Waals surface area contributed by atoms with Gasteiger partial charge in [-0.05, 0) is 30.4 Å². The summed E-state index contributed by atoms with van der Waals surface area (Å²) in [5, 5.41) is 0. The van der Waals surface area contributed by atoms with Crippen LogP contribution in [0.1, 0.15) is 24.0 Å². The zero-order valence-corrected chi connectivity index (χ0v) is 15.5. The van der Waals surface area contributed by atoms with Crippen LogP contribution in [-0.2, 0) is 32.5 Å². The number of benzene rings is 1. The number of amides is 1. The highest BCUT2D eigenvalue weighted by Gasteiger charge is 2.34. The van der Waals surface area contributed by atoms with Crippen LogP contribution in [0, 0.1) is 5.92 Å². The zero-order valence-electron chi connectivity index (χ0n) is 14.7. The van der Waals surface area contributed by atoms with Crippen molar-refractivity contribution in [3.8, 4) is 0 Å². The summed E-state index contributed by atoms with van der Waals surface area (Å²) >= 11 is 0. The maximum absolute atomic E-state index is 12.9. The molecule has 1 fully saturated rings. The molecule has 1 aromatic rings. The number of piperidine rings is 1. The summed E-state index contributed by atoms with van der Waals surface area (Å²) in [6, 6.07) is 8.21. The zero-order chi connectivity index (χ0) is 17.9. The van der Waals surface area contributed by atoms with E-state index in [0.29, 0.717) is 26.2 Å². The van der Waals surface area contributed by atoms with Gasteiger partial charge in [-0.25, -0.2) is 12.7 Å². The van der Waals surface area contributed by atoms with Crippen molar-refractivity contribution in [1.29, 1.82) is 0 Å². The van der Waals surface area contributed by atoms with E-state index >= 15 is 0 Å². The monoisotopic (exact) mass is 366 g/mol. The van der Waals surface area contributed by atoms with Gasteiger partial charge in [-0.3, -0.25) is 4.79 Å². The topological polar surface area (TPSA) is 66.9 Å². The number of carbonyl (C=O) groups excluding carboxylic acids is 1. The van der Waals surface area contributed by atoms with Crippen LogP contribution in [0.2, 0.25) is 0 Å². The van der Waals surface area contributed by atoms with E-state index in [0.717, 1.165) is 19.3 Å². The van der Waals surface area contributed by atoms with Crippen LogP contribution in [0.5, 0.6) is 0 Å². The van der Waals surface area contributed by atoms with Crippen LogP contribution >= 0.6 is 0 Å². The first-order chi connectivity index (χ1) is 12.0. The van der Waals surface area contributed by atoms with Crippen LogP contribution in [-0.4, -0.2) is 62.6 Å². The van der Waals surface area contributed by atoms with Gasteiger partial charge in [0.15, 0.2) is 0 Å². The first-order valence-corrected chi connectivity index (χ1v) is 10.4. The molecular weight excluding hydrogens is 340 g/mol. The van der Waals surface area contributed by atoms with E-state index in [4.69, 9.17) is 4.74 Å². The van der Waals surface area contributed by atoms with Crippen LogP contribution in [0.3, 0.4) is 0 Å². The van der Waals surface area contributed by atoms with Gasteiger partial charge in [-0.2, -0.15) is 0 Å². The lowest BCUT2D eigenvalue weighted by molar-refractivity contribution is -0.137. The van der Waals surface area contributed by atoms with Crippen LogP contribution < -0.4 is 0 Å². The second-order valence-corrected chi connectivity index (χ2v) is 8.87. The Balaban J connectivity index is 1.65. The minimum absolute atomic E-state index is 0.0263. The van der Waals surface area contributed by atoms with Crippen LogP contribution in [0.25, 0.3) is 0 Å². The summed E-state index contributed by atoms with van der Waals surface area (Å²) in [6.45, 7) is 2.31. The third kappa shape index (κ3) is 4.22. The molecule has 1 amide bonds. The number of ether oxygens (including phenoxy) is 1. The number of rotatable bonds is 5. The molecule has 0 N–H and O–H groups in total. The highest BCUT2D eigenvalue weighted by molar-refractivity contribution is 7.89. The average Bonchev–Trinajstić information content (AvgIpc) is 2.65. The summed E-state index contributed by atoms with van der Waals surface area (Å²) in [5.74, 6) is -0.181. The second kappa shape index (κ2) is 7.85. The van der Waals surface area contributed by atoms with Gasteiger partial charge >= 0.3 is 0 Å². The molecule has 25 heavy (non-hydrogen) atoms. The largest absolute Gasteiger partial charge is 0.384 e. The molecule has 0 radical (unpaired) electrons. The molecule has 0 bridgehead atoms. The Labute approximate surface area is 149 Å². The highest BCUT2D eigenvalue weighted by atomic mass is 32.2. The fraction of sp³-hybridized carbons (Fsp3) is 0.611. The van der Waals surface area contributed by atoms with Gasteiger partial charge in [0.2, 0.25) is 15.9 Å². The summed E-state index contributed by atoms with van der Waals surface area (Å²) in [4.78, 5) is 14.8.